The van der Waals surface area contributed by atoms with E-state index in [2.05, 4.69) is 57.3 Å². The fourth-order valence-corrected chi connectivity index (χ4v) is 1.96. The Labute approximate surface area is 112 Å². The zero-order valence-corrected chi connectivity index (χ0v) is 12.4. The third-order valence-electron chi connectivity index (χ3n) is 3.24. The lowest BCUT2D eigenvalue weighted by molar-refractivity contribution is 0.115. The van der Waals surface area contributed by atoms with Crippen LogP contribution in [0, 0.1) is 5.92 Å². The topological polar surface area (TPSA) is 21.3 Å². The van der Waals surface area contributed by atoms with Crippen molar-refractivity contribution in [1.82, 2.24) is 5.32 Å². The van der Waals surface area contributed by atoms with Crippen LogP contribution in [0.1, 0.15) is 44.9 Å². The van der Waals surface area contributed by atoms with E-state index in [-0.39, 0.29) is 6.10 Å². The maximum atomic E-state index is 5.24. The molecular formula is C16H27NO. The van der Waals surface area contributed by atoms with E-state index in [9.17, 15) is 0 Å². The van der Waals surface area contributed by atoms with Gasteiger partial charge in [-0.05, 0) is 37.3 Å². The molecule has 0 saturated carbocycles. The second-order valence-corrected chi connectivity index (χ2v) is 5.52. The van der Waals surface area contributed by atoms with E-state index in [1.807, 2.05) is 0 Å². The zero-order valence-electron chi connectivity index (χ0n) is 12.4. The van der Waals surface area contributed by atoms with Crippen LogP contribution in [0.15, 0.2) is 24.3 Å². The van der Waals surface area contributed by atoms with Gasteiger partial charge in [-0.25, -0.2) is 0 Å². The second-order valence-electron chi connectivity index (χ2n) is 5.52. The van der Waals surface area contributed by atoms with Crippen LogP contribution in [0.4, 0.5) is 0 Å². The Hall–Kier alpha value is -0.860. The smallest absolute Gasteiger partial charge is 0.0667 e. The fraction of sp³-hybridized carbons (Fsp3) is 0.625. The van der Waals surface area contributed by atoms with E-state index in [4.69, 9.17) is 4.74 Å². The lowest BCUT2D eigenvalue weighted by Crippen LogP contribution is -2.28. The van der Waals surface area contributed by atoms with E-state index in [0.717, 1.165) is 13.0 Å². The number of hydrogen-bond donors (Lipinski definition) is 1. The SMILES string of the molecule is COC(C)CNC(C)c1ccc(CC(C)C)cc1. The highest BCUT2D eigenvalue weighted by molar-refractivity contribution is 5.25. The fourth-order valence-electron chi connectivity index (χ4n) is 1.96. The Bertz CT molecular complexity index is 331. The van der Waals surface area contributed by atoms with Gasteiger partial charge >= 0.3 is 0 Å². The van der Waals surface area contributed by atoms with Crippen molar-refractivity contribution >= 4 is 0 Å². The van der Waals surface area contributed by atoms with Gasteiger partial charge in [-0.3, -0.25) is 0 Å². The molecular weight excluding hydrogens is 222 g/mol. The first-order valence-electron chi connectivity index (χ1n) is 6.88. The van der Waals surface area contributed by atoms with Gasteiger partial charge in [0.25, 0.3) is 0 Å². The van der Waals surface area contributed by atoms with Crippen molar-refractivity contribution in [3.05, 3.63) is 35.4 Å². The molecule has 1 rings (SSSR count). The highest BCUT2D eigenvalue weighted by Gasteiger charge is 2.07. The van der Waals surface area contributed by atoms with Crippen LogP contribution in [0.25, 0.3) is 0 Å². The van der Waals surface area contributed by atoms with Gasteiger partial charge in [0.05, 0.1) is 6.10 Å². The van der Waals surface area contributed by atoms with E-state index in [1.165, 1.54) is 11.1 Å². The molecule has 0 aliphatic heterocycles. The minimum Gasteiger partial charge on any atom is -0.380 e. The van der Waals surface area contributed by atoms with Gasteiger partial charge in [-0.15, -0.1) is 0 Å². The number of rotatable bonds is 7. The quantitative estimate of drug-likeness (QED) is 0.797. The first-order chi connectivity index (χ1) is 8.52. The number of methoxy groups -OCH3 is 1. The van der Waals surface area contributed by atoms with E-state index >= 15 is 0 Å². The predicted octanol–water partition coefficient (Wildman–Crippen LogP) is 3.57. The van der Waals surface area contributed by atoms with Crippen molar-refractivity contribution in [3.8, 4) is 0 Å². The maximum absolute atomic E-state index is 5.24. The summed E-state index contributed by atoms with van der Waals surface area (Å²) in [5.74, 6) is 0.717. The van der Waals surface area contributed by atoms with Gasteiger partial charge in [0.15, 0.2) is 0 Å². The summed E-state index contributed by atoms with van der Waals surface area (Å²) in [5.41, 5.74) is 2.76. The first-order valence-corrected chi connectivity index (χ1v) is 6.88. The van der Waals surface area contributed by atoms with Crippen molar-refractivity contribution in [2.24, 2.45) is 5.92 Å². The van der Waals surface area contributed by atoms with Gasteiger partial charge in [0.1, 0.15) is 0 Å². The molecule has 0 aromatic heterocycles. The lowest BCUT2D eigenvalue weighted by Gasteiger charge is -2.17. The van der Waals surface area contributed by atoms with Crippen LogP contribution in [-0.2, 0) is 11.2 Å². The molecule has 18 heavy (non-hydrogen) atoms. The largest absolute Gasteiger partial charge is 0.380 e. The molecule has 0 spiro atoms. The van der Waals surface area contributed by atoms with Gasteiger partial charge in [-0.2, -0.15) is 0 Å². The van der Waals surface area contributed by atoms with Gasteiger partial charge in [0.2, 0.25) is 0 Å². The summed E-state index contributed by atoms with van der Waals surface area (Å²) in [7, 11) is 1.75. The molecule has 2 atom stereocenters. The summed E-state index contributed by atoms with van der Waals surface area (Å²) in [6.45, 7) is 9.66. The molecule has 2 heteroatoms. The van der Waals surface area contributed by atoms with Crippen LogP contribution in [0.3, 0.4) is 0 Å². The molecule has 0 aliphatic carbocycles. The number of hydrogen-bond acceptors (Lipinski definition) is 2. The molecule has 0 heterocycles. The van der Waals surface area contributed by atoms with Gasteiger partial charge in [-0.1, -0.05) is 38.1 Å². The lowest BCUT2D eigenvalue weighted by atomic mass is 10.00. The average Bonchev–Trinajstić information content (AvgIpc) is 2.35. The standard InChI is InChI=1S/C16H27NO/c1-12(2)10-15-6-8-16(9-7-15)14(4)17-11-13(3)18-5/h6-9,12-14,17H,10-11H2,1-5H3. The highest BCUT2D eigenvalue weighted by Crippen LogP contribution is 2.15. The molecule has 1 N–H and O–H groups in total. The van der Waals surface area contributed by atoms with Crippen molar-refractivity contribution in [3.63, 3.8) is 0 Å². The van der Waals surface area contributed by atoms with Crippen LogP contribution < -0.4 is 5.32 Å². The molecule has 0 fully saturated rings. The van der Waals surface area contributed by atoms with Crippen LogP contribution in [-0.4, -0.2) is 19.8 Å². The van der Waals surface area contributed by atoms with E-state index < -0.39 is 0 Å². The van der Waals surface area contributed by atoms with Gasteiger partial charge in [0, 0.05) is 19.7 Å². The Morgan fingerprint density at radius 2 is 1.67 bits per heavy atom. The number of nitrogens with one attached hydrogen (secondary N) is 1. The third-order valence-corrected chi connectivity index (χ3v) is 3.24. The minimum absolute atomic E-state index is 0.257. The molecule has 0 aliphatic rings. The monoisotopic (exact) mass is 249 g/mol. The molecule has 1 aromatic rings. The predicted molar refractivity (Wildman–Crippen MR) is 77.9 cm³/mol. The summed E-state index contributed by atoms with van der Waals surface area (Å²) in [6, 6.07) is 9.32. The molecule has 2 unspecified atom stereocenters. The molecule has 0 saturated heterocycles. The first kappa shape index (κ1) is 15.2. The number of ether oxygens (including phenoxy) is 1. The van der Waals surface area contributed by atoms with E-state index in [0.29, 0.717) is 12.0 Å². The summed E-state index contributed by atoms with van der Waals surface area (Å²) >= 11 is 0. The molecule has 0 radical (unpaired) electrons. The third kappa shape index (κ3) is 5.19. The molecule has 0 bridgehead atoms. The van der Waals surface area contributed by atoms with Crippen molar-refractivity contribution in [2.75, 3.05) is 13.7 Å². The molecule has 2 nitrogen and oxygen atoms in total. The summed E-state index contributed by atoms with van der Waals surface area (Å²) < 4.78 is 5.24. The Kier molecular flexibility index (Phi) is 6.37. The van der Waals surface area contributed by atoms with Gasteiger partial charge < -0.3 is 10.1 Å². The van der Waals surface area contributed by atoms with Crippen molar-refractivity contribution in [1.29, 1.82) is 0 Å². The number of benzene rings is 1. The summed E-state index contributed by atoms with van der Waals surface area (Å²) in [4.78, 5) is 0. The van der Waals surface area contributed by atoms with Crippen LogP contribution >= 0.6 is 0 Å². The Morgan fingerprint density at radius 1 is 1.06 bits per heavy atom. The highest BCUT2D eigenvalue weighted by atomic mass is 16.5. The Balaban J connectivity index is 2.50. The average molecular weight is 249 g/mol. The summed E-state index contributed by atoms with van der Waals surface area (Å²) in [6.07, 6.45) is 1.41. The normalized spacial score (nSPS) is 14.8. The van der Waals surface area contributed by atoms with Crippen LogP contribution in [0.5, 0.6) is 0 Å². The zero-order chi connectivity index (χ0) is 13.5. The molecule has 1 aromatic carbocycles. The molecule has 0 amide bonds. The second kappa shape index (κ2) is 7.55. The molecule has 102 valence electrons. The Morgan fingerprint density at radius 3 is 2.17 bits per heavy atom. The van der Waals surface area contributed by atoms with Crippen LogP contribution in [0.2, 0.25) is 0 Å². The van der Waals surface area contributed by atoms with Crippen molar-refractivity contribution < 1.29 is 4.74 Å². The maximum Gasteiger partial charge on any atom is 0.0667 e. The minimum atomic E-state index is 0.257. The van der Waals surface area contributed by atoms with Crippen molar-refractivity contribution in [2.45, 2.75) is 46.3 Å². The van der Waals surface area contributed by atoms with E-state index in [1.54, 1.807) is 7.11 Å². The summed E-state index contributed by atoms with van der Waals surface area (Å²) in [5, 5.41) is 3.48.